The molecule has 0 aliphatic heterocycles. The van der Waals surface area contributed by atoms with Crippen molar-refractivity contribution in [3.8, 4) is 0 Å². The molecule has 0 aromatic carbocycles. The van der Waals surface area contributed by atoms with Crippen LogP contribution in [-0.4, -0.2) is 57.8 Å². The molecule has 0 heterocycles. The standard InChI is InChI=1S/C4H6O6.Mo.O.Sb.2H/c5-1(3(7)8)2(6)4(9)10;;;;;/h1-2,5-6H,(H,7,8)(H,9,10);;;;;/q;+1;;+1;;/p-2. The van der Waals surface area contributed by atoms with E-state index in [-0.39, 0.29) is 23.4 Å². The van der Waals surface area contributed by atoms with Crippen molar-refractivity contribution in [2.45, 2.75) is 12.2 Å². The Bertz CT molecular complexity index is 219. The van der Waals surface area contributed by atoms with Gasteiger partial charge < -0.3 is 0 Å². The average molecular weight is 384 g/mol. The van der Waals surface area contributed by atoms with Crippen LogP contribution in [0.3, 0.4) is 0 Å². The van der Waals surface area contributed by atoms with Gasteiger partial charge in [-0.05, 0) is 0 Å². The van der Waals surface area contributed by atoms with Gasteiger partial charge in [0.15, 0.2) is 0 Å². The third kappa shape index (κ3) is 4.27. The summed E-state index contributed by atoms with van der Waals surface area (Å²) in [5.41, 5.74) is 0. The molecule has 0 aliphatic rings. The fraction of sp³-hybridized carbons (Fsp3) is 0.500. The molecule has 0 aromatic rings. The molecule has 0 bridgehead atoms. The normalized spacial score (nSPS) is 14.1. The summed E-state index contributed by atoms with van der Waals surface area (Å²) < 4.78 is 18.0. The summed E-state index contributed by atoms with van der Waals surface area (Å²) in [4.78, 5) is 21.2. The second-order valence-corrected chi connectivity index (χ2v) is 3.21. The summed E-state index contributed by atoms with van der Waals surface area (Å²) in [7, 11) is 0. The Morgan fingerprint density at radius 2 is 1.69 bits per heavy atom. The van der Waals surface area contributed by atoms with E-state index in [1.807, 2.05) is 0 Å². The van der Waals surface area contributed by atoms with Crippen LogP contribution in [0.4, 0.5) is 0 Å². The van der Waals surface area contributed by atoms with Crippen molar-refractivity contribution in [1.82, 2.24) is 0 Å². The number of carbonyl (C=O) groups excluding carboxylic acids is 2. The van der Waals surface area contributed by atoms with Crippen LogP contribution >= 0.6 is 0 Å². The molecular formula is C4H6MoO7Sb. The average Bonchev–Trinajstić information content (AvgIpc) is 2.14. The van der Waals surface area contributed by atoms with E-state index in [1.54, 1.807) is 0 Å². The fourth-order valence-corrected chi connectivity index (χ4v) is 1.22. The molecule has 75 valence electrons. The predicted molar refractivity (Wildman–Crippen MR) is 33.4 cm³/mol. The van der Waals surface area contributed by atoms with Crippen LogP contribution in [0.15, 0.2) is 0 Å². The molecule has 0 saturated heterocycles. The summed E-state index contributed by atoms with van der Waals surface area (Å²) in [6, 6.07) is 0. The molecule has 9 heteroatoms. The first kappa shape index (κ1) is 13.2. The molecule has 0 aliphatic carbocycles. The van der Waals surface area contributed by atoms with Crippen LogP contribution in [0.2, 0.25) is 0 Å². The van der Waals surface area contributed by atoms with E-state index in [0.29, 0.717) is 0 Å². The summed E-state index contributed by atoms with van der Waals surface area (Å²) in [6.07, 6.45) is -4.03. The van der Waals surface area contributed by atoms with Crippen LogP contribution in [0.1, 0.15) is 0 Å². The van der Waals surface area contributed by atoms with Gasteiger partial charge in [0.1, 0.15) is 0 Å². The Morgan fingerprint density at radius 1 is 1.23 bits per heavy atom. The van der Waals surface area contributed by atoms with Gasteiger partial charge in [0.2, 0.25) is 0 Å². The van der Waals surface area contributed by atoms with E-state index in [0.717, 1.165) is 0 Å². The molecule has 2 N–H and O–H groups in total. The zero-order valence-corrected chi connectivity index (χ0v) is 11.4. The number of aliphatic hydroxyl groups excluding tert-OH is 2. The Hall–Kier alpha value is 0.166. The van der Waals surface area contributed by atoms with Crippen LogP contribution < -0.4 is 0 Å². The zero-order valence-electron chi connectivity index (χ0n) is 6.08. The van der Waals surface area contributed by atoms with E-state index < -0.39 is 43.1 Å². The summed E-state index contributed by atoms with van der Waals surface area (Å²) in [5.74, 6) is -2.41. The Labute approximate surface area is 95.7 Å². The van der Waals surface area contributed by atoms with Crippen molar-refractivity contribution in [2.75, 3.05) is 0 Å². The number of hydrogen-bond donors (Lipinski definition) is 2. The van der Waals surface area contributed by atoms with Gasteiger partial charge in [-0.2, -0.15) is 0 Å². The van der Waals surface area contributed by atoms with Gasteiger partial charge in [0, 0.05) is 0 Å². The van der Waals surface area contributed by atoms with Crippen molar-refractivity contribution >= 4 is 35.4 Å². The molecule has 13 heavy (non-hydrogen) atoms. The summed E-state index contributed by atoms with van der Waals surface area (Å²) in [6.45, 7) is 0. The van der Waals surface area contributed by atoms with Crippen molar-refractivity contribution in [1.29, 1.82) is 0 Å². The zero-order chi connectivity index (χ0) is 10.4. The topological polar surface area (TPSA) is 110 Å². The molecule has 0 aromatic heterocycles. The summed E-state index contributed by atoms with van der Waals surface area (Å²) >= 11 is -2.09. The molecule has 0 rings (SSSR count). The van der Waals surface area contributed by atoms with Gasteiger partial charge in [-0.25, -0.2) is 0 Å². The second-order valence-electron chi connectivity index (χ2n) is 1.80. The van der Waals surface area contributed by atoms with Crippen molar-refractivity contribution in [3.63, 3.8) is 0 Å². The van der Waals surface area contributed by atoms with Gasteiger partial charge in [0.25, 0.3) is 0 Å². The first-order chi connectivity index (χ1) is 6.04. The van der Waals surface area contributed by atoms with Crippen LogP contribution in [-0.2, 0) is 38.3 Å². The second kappa shape index (κ2) is 6.60. The summed E-state index contributed by atoms with van der Waals surface area (Å²) in [5, 5.41) is 17.8. The van der Waals surface area contributed by atoms with E-state index in [4.69, 9.17) is 10.2 Å². The molecule has 7 nitrogen and oxygen atoms in total. The Morgan fingerprint density at radius 3 is 2.08 bits per heavy atom. The molecule has 0 fully saturated rings. The van der Waals surface area contributed by atoms with E-state index >= 15 is 0 Å². The number of rotatable bonds is 4. The van der Waals surface area contributed by atoms with E-state index in [9.17, 15) is 13.0 Å². The maximum absolute atomic E-state index is 10.6. The van der Waals surface area contributed by atoms with Crippen molar-refractivity contribution in [3.05, 3.63) is 0 Å². The van der Waals surface area contributed by atoms with Gasteiger partial charge >= 0.3 is 96.1 Å². The van der Waals surface area contributed by atoms with Crippen molar-refractivity contribution < 1.29 is 48.5 Å². The van der Waals surface area contributed by atoms with Crippen molar-refractivity contribution in [2.24, 2.45) is 0 Å². The van der Waals surface area contributed by atoms with Gasteiger partial charge in [-0.3, -0.25) is 0 Å². The first-order valence-electron chi connectivity index (χ1n) is 2.81. The maximum atomic E-state index is 10.6. The monoisotopic (exact) mass is 385 g/mol. The molecular weight excluding hydrogens is 378 g/mol. The molecule has 0 spiro atoms. The molecule has 0 amide bonds. The third-order valence-electron chi connectivity index (χ3n) is 1.01. The Kier molecular flexibility index (Phi) is 6.68. The van der Waals surface area contributed by atoms with Gasteiger partial charge in [-0.1, -0.05) is 0 Å². The molecule has 0 radical (unpaired) electrons. The first-order valence-corrected chi connectivity index (χ1v) is 5.80. The number of aliphatic hydroxyl groups is 2. The minimum atomic E-state index is -2.19. The number of hydrogen-bond acceptors (Lipinski definition) is 7. The van der Waals surface area contributed by atoms with Crippen LogP contribution in [0, 0.1) is 0 Å². The minimum absolute atomic E-state index is 0.0985. The van der Waals surface area contributed by atoms with Gasteiger partial charge in [-0.15, -0.1) is 0 Å². The third-order valence-corrected chi connectivity index (χ3v) is 2.25. The van der Waals surface area contributed by atoms with E-state index in [2.05, 4.69) is 6.41 Å². The SMILES string of the molecule is [O]=[Mo][O]C(=O)C(O)C(O)C(=O)[O][SbH2]. The molecule has 2 unspecified atom stereocenters. The predicted octanol–water partition coefficient (Wildman–Crippen LogP) is -3.31. The molecule has 0 saturated carbocycles. The van der Waals surface area contributed by atoms with Gasteiger partial charge in [0.05, 0.1) is 0 Å². The number of carbonyl (C=O) groups is 2. The fourth-order valence-electron chi connectivity index (χ4n) is 0.410. The molecule has 2 atom stereocenters. The van der Waals surface area contributed by atoms with Crippen LogP contribution in [0.5, 0.6) is 0 Å². The quantitative estimate of drug-likeness (QED) is 0.489. The van der Waals surface area contributed by atoms with Crippen LogP contribution in [0.25, 0.3) is 0 Å². The van der Waals surface area contributed by atoms with E-state index in [1.165, 1.54) is 0 Å². The Balaban J connectivity index is 4.23.